The lowest BCUT2D eigenvalue weighted by molar-refractivity contribution is 0.544. The van der Waals surface area contributed by atoms with E-state index in [1.807, 2.05) is 11.6 Å². The van der Waals surface area contributed by atoms with Crippen LogP contribution in [-0.4, -0.2) is 20.9 Å². The molecular weight excluding hydrogens is 308 g/mol. The fraction of sp³-hybridized carbons (Fsp3) is 0.385. The van der Waals surface area contributed by atoms with Crippen LogP contribution in [0.25, 0.3) is 4.96 Å². The van der Waals surface area contributed by atoms with Crippen LogP contribution in [0, 0.1) is 5.92 Å². The van der Waals surface area contributed by atoms with E-state index >= 15 is 0 Å². The summed E-state index contributed by atoms with van der Waals surface area (Å²) in [6.45, 7) is 6.28. The monoisotopic (exact) mass is 324 g/mol. The summed E-state index contributed by atoms with van der Waals surface area (Å²) in [6, 6.07) is 0. The van der Waals surface area contributed by atoms with E-state index in [9.17, 15) is 0 Å². The number of nitrogens with one attached hydrogen (secondary N) is 1. The number of hydrogen-bond acceptors (Lipinski definition) is 6. The normalized spacial score (nSPS) is 11.8. The van der Waals surface area contributed by atoms with Gasteiger partial charge in [-0.15, -0.1) is 22.7 Å². The molecule has 3 rings (SSSR count). The quantitative estimate of drug-likeness (QED) is 0.750. The maximum Gasteiger partial charge on any atom is 0.194 e. The van der Waals surface area contributed by atoms with Crippen LogP contribution in [0.4, 0.5) is 0 Å². The van der Waals surface area contributed by atoms with E-state index in [0.717, 1.165) is 27.4 Å². The van der Waals surface area contributed by atoms with Crippen LogP contribution < -0.4 is 5.32 Å². The first-order valence-electron chi connectivity index (χ1n) is 6.46. The zero-order valence-electron chi connectivity index (χ0n) is 11.4. The largest absolute Gasteiger partial charge is 0.311 e. The van der Waals surface area contributed by atoms with E-state index in [-0.39, 0.29) is 0 Å². The second-order valence-electron chi connectivity index (χ2n) is 4.84. The lowest BCUT2D eigenvalue weighted by Gasteiger charge is -2.07. The molecule has 0 saturated heterocycles. The van der Waals surface area contributed by atoms with Crippen molar-refractivity contribution in [1.29, 1.82) is 0 Å². The highest BCUT2D eigenvalue weighted by molar-refractivity contribution is 8.01. The molecule has 4 nitrogen and oxygen atoms in total. The first-order chi connectivity index (χ1) is 9.74. The van der Waals surface area contributed by atoms with Gasteiger partial charge in [-0.3, -0.25) is 4.40 Å². The van der Waals surface area contributed by atoms with Crippen molar-refractivity contribution in [3.63, 3.8) is 0 Å². The van der Waals surface area contributed by atoms with Gasteiger partial charge in [0, 0.05) is 29.7 Å². The molecule has 0 unspecified atom stereocenters. The Kier molecular flexibility index (Phi) is 4.40. The van der Waals surface area contributed by atoms with Crippen LogP contribution >= 0.6 is 34.4 Å². The van der Waals surface area contributed by atoms with Crippen molar-refractivity contribution in [3.05, 3.63) is 28.8 Å². The smallest absolute Gasteiger partial charge is 0.194 e. The van der Waals surface area contributed by atoms with Gasteiger partial charge in [-0.2, -0.15) is 0 Å². The number of fused-ring (bicyclic) bond motifs is 1. The van der Waals surface area contributed by atoms with E-state index in [2.05, 4.69) is 40.1 Å². The average Bonchev–Trinajstić information content (AvgIpc) is 3.09. The molecular formula is C13H16N4S3. The van der Waals surface area contributed by atoms with Gasteiger partial charge in [-0.1, -0.05) is 13.8 Å². The summed E-state index contributed by atoms with van der Waals surface area (Å²) in [5.74, 6) is 0.649. The van der Waals surface area contributed by atoms with Gasteiger partial charge in [0.1, 0.15) is 5.03 Å². The van der Waals surface area contributed by atoms with E-state index in [1.54, 1.807) is 34.4 Å². The van der Waals surface area contributed by atoms with Crippen LogP contribution in [0.5, 0.6) is 0 Å². The summed E-state index contributed by atoms with van der Waals surface area (Å²) >= 11 is 4.97. The Morgan fingerprint density at radius 2 is 2.25 bits per heavy atom. The third-order valence-electron chi connectivity index (χ3n) is 2.76. The van der Waals surface area contributed by atoms with Crippen LogP contribution in [0.15, 0.2) is 32.5 Å². The van der Waals surface area contributed by atoms with Crippen LogP contribution in [0.1, 0.15) is 19.5 Å². The summed E-state index contributed by atoms with van der Waals surface area (Å²) in [5.41, 5.74) is 1.22. The van der Waals surface area contributed by atoms with Crippen molar-refractivity contribution in [2.75, 3.05) is 6.54 Å². The second-order valence-corrected chi connectivity index (χ2v) is 7.85. The second kappa shape index (κ2) is 6.26. The van der Waals surface area contributed by atoms with Gasteiger partial charge in [-0.25, -0.2) is 9.97 Å². The van der Waals surface area contributed by atoms with Crippen molar-refractivity contribution >= 4 is 39.4 Å². The fourth-order valence-electron chi connectivity index (χ4n) is 1.88. The molecule has 0 fully saturated rings. The molecule has 20 heavy (non-hydrogen) atoms. The highest BCUT2D eigenvalue weighted by atomic mass is 32.2. The molecule has 0 aliphatic heterocycles. The third-order valence-corrected chi connectivity index (χ3v) is 5.42. The van der Waals surface area contributed by atoms with E-state index in [1.165, 1.54) is 5.69 Å². The predicted molar refractivity (Wildman–Crippen MR) is 85.9 cm³/mol. The minimum absolute atomic E-state index is 0.649. The number of aromatic nitrogens is 3. The molecule has 3 heterocycles. The van der Waals surface area contributed by atoms with Crippen molar-refractivity contribution < 1.29 is 0 Å². The lowest BCUT2D eigenvalue weighted by Crippen LogP contribution is -2.20. The molecule has 3 aromatic rings. The van der Waals surface area contributed by atoms with Gasteiger partial charge in [-0.05, 0) is 24.2 Å². The van der Waals surface area contributed by atoms with Crippen LogP contribution in [-0.2, 0) is 6.54 Å². The molecule has 0 spiro atoms. The lowest BCUT2D eigenvalue weighted by atomic mass is 10.2. The van der Waals surface area contributed by atoms with Gasteiger partial charge in [0.25, 0.3) is 0 Å². The molecule has 7 heteroatoms. The Labute approximate surface area is 130 Å². The minimum Gasteiger partial charge on any atom is -0.311 e. The van der Waals surface area contributed by atoms with E-state index < -0.39 is 0 Å². The zero-order chi connectivity index (χ0) is 13.9. The molecule has 0 aliphatic rings. The van der Waals surface area contributed by atoms with Crippen molar-refractivity contribution in [3.8, 4) is 0 Å². The van der Waals surface area contributed by atoms with Crippen molar-refractivity contribution in [2.45, 2.75) is 29.8 Å². The third kappa shape index (κ3) is 3.06. The molecule has 3 aromatic heterocycles. The molecule has 0 aromatic carbocycles. The standard InChI is InChI=1S/C13H16N4S3/c1-9(2)7-14-8-10-11(20-13-15-3-5-19-13)16-12-17(10)4-6-18-12/h3-6,9,14H,7-8H2,1-2H3. The average molecular weight is 324 g/mol. The van der Waals surface area contributed by atoms with E-state index in [0.29, 0.717) is 5.92 Å². The molecule has 1 N–H and O–H groups in total. The van der Waals surface area contributed by atoms with E-state index in [4.69, 9.17) is 4.98 Å². The number of hydrogen-bond donors (Lipinski definition) is 1. The van der Waals surface area contributed by atoms with Gasteiger partial charge in [0.15, 0.2) is 9.30 Å². The minimum atomic E-state index is 0.649. The molecule has 0 amide bonds. The molecule has 0 atom stereocenters. The molecule has 0 saturated carbocycles. The Bertz CT molecular complexity index is 669. The Morgan fingerprint density at radius 1 is 1.35 bits per heavy atom. The summed E-state index contributed by atoms with van der Waals surface area (Å²) < 4.78 is 3.22. The maximum absolute atomic E-state index is 4.72. The van der Waals surface area contributed by atoms with Gasteiger partial charge in [0.05, 0.1) is 5.69 Å². The summed E-state index contributed by atoms with van der Waals surface area (Å²) in [7, 11) is 0. The Balaban J connectivity index is 1.84. The summed E-state index contributed by atoms with van der Waals surface area (Å²) in [5, 5.41) is 8.63. The summed E-state index contributed by atoms with van der Waals surface area (Å²) in [4.78, 5) is 10.1. The number of imidazole rings is 1. The highest BCUT2D eigenvalue weighted by Gasteiger charge is 2.15. The number of thiazole rings is 2. The molecule has 0 radical (unpaired) electrons. The molecule has 106 valence electrons. The van der Waals surface area contributed by atoms with Gasteiger partial charge >= 0.3 is 0 Å². The fourth-order valence-corrected chi connectivity index (χ4v) is 4.32. The van der Waals surface area contributed by atoms with Crippen molar-refractivity contribution in [2.24, 2.45) is 5.92 Å². The summed E-state index contributed by atoms with van der Waals surface area (Å²) in [6.07, 6.45) is 3.92. The Morgan fingerprint density at radius 3 is 3.00 bits per heavy atom. The molecule has 0 aliphatic carbocycles. The number of rotatable bonds is 6. The SMILES string of the molecule is CC(C)CNCc1c(Sc2nccs2)nc2sccn12. The predicted octanol–water partition coefficient (Wildman–Crippen LogP) is 3.75. The zero-order valence-corrected chi connectivity index (χ0v) is 13.8. The molecule has 0 bridgehead atoms. The Hall–Kier alpha value is -0.890. The first-order valence-corrected chi connectivity index (χ1v) is 9.04. The van der Waals surface area contributed by atoms with Gasteiger partial charge < -0.3 is 5.32 Å². The highest BCUT2D eigenvalue weighted by Crippen LogP contribution is 2.32. The first kappa shape index (κ1) is 14.1. The topological polar surface area (TPSA) is 42.2 Å². The maximum atomic E-state index is 4.72. The van der Waals surface area contributed by atoms with Gasteiger partial charge in [0.2, 0.25) is 0 Å². The van der Waals surface area contributed by atoms with Crippen molar-refractivity contribution in [1.82, 2.24) is 19.7 Å². The van der Waals surface area contributed by atoms with Crippen LogP contribution in [0.3, 0.4) is 0 Å². The number of nitrogens with zero attached hydrogens (tertiary/aromatic N) is 3. The van der Waals surface area contributed by atoms with Crippen LogP contribution in [0.2, 0.25) is 0 Å².